The van der Waals surface area contributed by atoms with Crippen LogP contribution in [0.25, 0.3) is 0 Å². The summed E-state index contributed by atoms with van der Waals surface area (Å²) in [6.07, 6.45) is 2.83. The van der Waals surface area contributed by atoms with Crippen LogP contribution in [0, 0.1) is 5.82 Å². The van der Waals surface area contributed by atoms with Crippen molar-refractivity contribution in [2.75, 3.05) is 19.5 Å². The SMILES string of the molecule is CN(CCCCCCl)C(=O)c1ccc(F)cc1Cl. The molecule has 0 bridgehead atoms. The molecule has 0 atom stereocenters. The third-order valence-electron chi connectivity index (χ3n) is 2.64. The van der Waals surface area contributed by atoms with Gasteiger partial charge < -0.3 is 4.90 Å². The zero-order chi connectivity index (χ0) is 13.5. The minimum absolute atomic E-state index is 0.146. The Morgan fingerprint density at radius 2 is 2.06 bits per heavy atom. The van der Waals surface area contributed by atoms with E-state index in [1.165, 1.54) is 12.1 Å². The maximum absolute atomic E-state index is 12.9. The van der Waals surface area contributed by atoms with Gasteiger partial charge in [-0.15, -0.1) is 11.6 Å². The van der Waals surface area contributed by atoms with Crippen molar-refractivity contribution >= 4 is 29.1 Å². The molecule has 100 valence electrons. The third kappa shape index (κ3) is 4.46. The second kappa shape index (κ2) is 7.59. The van der Waals surface area contributed by atoms with Crippen LogP contribution in [0.1, 0.15) is 29.6 Å². The van der Waals surface area contributed by atoms with E-state index in [0.717, 1.165) is 25.3 Å². The zero-order valence-electron chi connectivity index (χ0n) is 10.3. The van der Waals surface area contributed by atoms with Gasteiger partial charge in [0.25, 0.3) is 5.91 Å². The van der Waals surface area contributed by atoms with E-state index in [-0.39, 0.29) is 10.9 Å². The molecule has 0 heterocycles. The molecule has 0 aliphatic rings. The van der Waals surface area contributed by atoms with E-state index in [0.29, 0.717) is 18.0 Å². The summed E-state index contributed by atoms with van der Waals surface area (Å²) < 4.78 is 12.9. The Bertz CT molecular complexity index is 412. The van der Waals surface area contributed by atoms with Crippen molar-refractivity contribution in [1.82, 2.24) is 4.90 Å². The van der Waals surface area contributed by atoms with E-state index >= 15 is 0 Å². The zero-order valence-corrected chi connectivity index (χ0v) is 11.8. The highest BCUT2D eigenvalue weighted by atomic mass is 35.5. The predicted molar refractivity (Wildman–Crippen MR) is 72.9 cm³/mol. The molecule has 0 N–H and O–H groups in total. The van der Waals surface area contributed by atoms with Crippen LogP contribution in [0.3, 0.4) is 0 Å². The fourth-order valence-electron chi connectivity index (χ4n) is 1.59. The van der Waals surface area contributed by atoms with Gasteiger partial charge in [0.2, 0.25) is 0 Å². The Labute approximate surface area is 117 Å². The molecule has 1 amide bonds. The number of hydrogen-bond donors (Lipinski definition) is 0. The van der Waals surface area contributed by atoms with E-state index in [1.807, 2.05) is 0 Å². The number of unbranched alkanes of at least 4 members (excludes halogenated alkanes) is 2. The molecule has 0 fully saturated rings. The van der Waals surface area contributed by atoms with Crippen LogP contribution < -0.4 is 0 Å². The summed E-state index contributed by atoms with van der Waals surface area (Å²) in [6.45, 7) is 0.642. The van der Waals surface area contributed by atoms with Gasteiger partial charge in [0, 0.05) is 19.5 Å². The van der Waals surface area contributed by atoms with Crippen LogP contribution in [0.2, 0.25) is 5.02 Å². The first-order valence-electron chi connectivity index (χ1n) is 5.82. The van der Waals surface area contributed by atoms with Crippen LogP contribution in [0.4, 0.5) is 4.39 Å². The van der Waals surface area contributed by atoms with Crippen LogP contribution in [0.5, 0.6) is 0 Å². The van der Waals surface area contributed by atoms with E-state index in [4.69, 9.17) is 23.2 Å². The molecule has 0 aliphatic carbocycles. The fourth-order valence-corrected chi connectivity index (χ4v) is 2.03. The smallest absolute Gasteiger partial charge is 0.255 e. The molecule has 18 heavy (non-hydrogen) atoms. The quantitative estimate of drug-likeness (QED) is 0.574. The summed E-state index contributed by atoms with van der Waals surface area (Å²) in [4.78, 5) is 13.6. The minimum Gasteiger partial charge on any atom is -0.342 e. The number of halogens is 3. The molecule has 0 saturated heterocycles. The van der Waals surface area contributed by atoms with Crippen molar-refractivity contribution in [3.05, 3.63) is 34.6 Å². The first-order valence-corrected chi connectivity index (χ1v) is 6.74. The Hall–Kier alpha value is -0.800. The van der Waals surface area contributed by atoms with Crippen molar-refractivity contribution in [2.24, 2.45) is 0 Å². The van der Waals surface area contributed by atoms with E-state index in [2.05, 4.69) is 0 Å². The van der Waals surface area contributed by atoms with Gasteiger partial charge in [-0.2, -0.15) is 0 Å². The molecule has 1 aromatic rings. The lowest BCUT2D eigenvalue weighted by atomic mass is 10.2. The largest absolute Gasteiger partial charge is 0.342 e. The number of nitrogens with zero attached hydrogens (tertiary/aromatic N) is 1. The summed E-state index contributed by atoms with van der Waals surface area (Å²) in [5, 5.41) is 0.146. The third-order valence-corrected chi connectivity index (χ3v) is 3.22. The van der Waals surface area contributed by atoms with E-state index in [9.17, 15) is 9.18 Å². The Morgan fingerprint density at radius 3 is 2.67 bits per heavy atom. The Kier molecular flexibility index (Phi) is 6.44. The number of alkyl halides is 1. The van der Waals surface area contributed by atoms with Crippen molar-refractivity contribution in [2.45, 2.75) is 19.3 Å². The van der Waals surface area contributed by atoms with Crippen molar-refractivity contribution in [3.8, 4) is 0 Å². The summed E-state index contributed by atoms with van der Waals surface area (Å²) in [7, 11) is 1.71. The molecular weight excluding hydrogens is 276 g/mol. The highest BCUT2D eigenvalue weighted by Crippen LogP contribution is 2.18. The van der Waals surface area contributed by atoms with Gasteiger partial charge in [0.1, 0.15) is 5.82 Å². The standard InChI is InChI=1S/C13H16Cl2FNO/c1-17(8-4-2-3-7-14)13(18)11-6-5-10(16)9-12(11)15/h5-6,9H,2-4,7-8H2,1H3. The van der Waals surface area contributed by atoms with Crippen molar-refractivity contribution in [1.29, 1.82) is 0 Å². The molecule has 0 unspecified atom stereocenters. The lowest BCUT2D eigenvalue weighted by molar-refractivity contribution is 0.0793. The topological polar surface area (TPSA) is 20.3 Å². The van der Waals surface area contributed by atoms with Crippen LogP contribution in [0.15, 0.2) is 18.2 Å². The number of carbonyl (C=O) groups excluding carboxylic acids is 1. The molecule has 0 aliphatic heterocycles. The molecule has 1 aromatic carbocycles. The summed E-state index contributed by atoms with van der Waals surface area (Å²) in [6, 6.07) is 3.80. The van der Waals surface area contributed by atoms with Gasteiger partial charge in [0.05, 0.1) is 10.6 Å². The first-order chi connectivity index (χ1) is 8.56. The molecule has 0 spiro atoms. The summed E-state index contributed by atoms with van der Waals surface area (Å²) >= 11 is 11.4. The molecule has 1 rings (SSSR count). The summed E-state index contributed by atoms with van der Waals surface area (Å²) in [5.41, 5.74) is 0.331. The van der Waals surface area contributed by atoms with E-state index in [1.54, 1.807) is 11.9 Å². The van der Waals surface area contributed by atoms with Gasteiger partial charge in [-0.1, -0.05) is 18.0 Å². The lowest BCUT2D eigenvalue weighted by Crippen LogP contribution is -2.28. The monoisotopic (exact) mass is 291 g/mol. The molecule has 2 nitrogen and oxygen atoms in total. The second-order valence-corrected chi connectivity index (χ2v) is 4.89. The average molecular weight is 292 g/mol. The van der Waals surface area contributed by atoms with Gasteiger partial charge in [-0.05, 0) is 31.0 Å². The number of carbonyl (C=O) groups is 1. The first kappa shape index (κ1) is 15.3. The van der Waals surface area contributed by atoms with Gasteiger partial charge in [-0.25, -0.2) is 4.39 Å². The highest BCUT2D eigenvalue weighted by Gasteiger charge is 2.15. The maximum atomic E-state index is 12.9. The second-order valence-electron chi connectivity index (χ2n) is 4.10. The summed E-state index contributed by atoms with van der Waals surface area (Å²) in [5.74, 6) is 0.00810. The molecule has 0 saturated carbocycles. The van der Waals surface area contributed by atoms with Gasteiger partial charge in [-0.3, -0.25) is 4.79 Å². The highest BCUT2D eigenvalue weighted by molar-refractivity contribution is 6.33. The Morgan fingerprint density at radius 1 is 1.33 bits per heavy atom. The normalized spacial score (nSPS) is 10.4. The number of benzene rings is 1. The molecule has 0 radical (unpaired) electrons. The number of amides is 1. The predicted octanol–water partition coefficient (Wildman–Crippen LogP) is 3.96. The molecule has 0 aromatic heterocycles. The number of hydrogen-bond acceptors (Lipinski definition) is 1. The van der Waals surface area contributed by atoms with Crippen LogP contribution in [-0.2, 0) is 0 Å². The van der Waals surface area contributed by atoms with Gasteiger partial charge in [0.15, 0.2) is 0 Å². The van der Waals surface area contributed by atoms with Crippen LogP contribution in [-0.4, -0.2) is 30.3 Å². The van der Waals surface area contributed by atoms with Crippen LogP contribution >= 0.6 is 23.2 Å². The fraction of sp³-hybridized carbons (Fsp3) is 0.462. The average Bonchev–Trinajstić information content (AvgIpc) is 2.33. The molecule has 5 heteroatoms. The lowest BCUT2D eigenvalue weighted by Gasteiger charge is -2.17. The Balaban J connectivity index is 2.57. The van der Waals surface area contributed by atoms with E-state index < -0.39 is 5.82 Å². The van der Waals surface area contributed by atoms with Gasteiger partial charge >= 0.3 is 0 Å². The molecular formula is C13H16Cl2FNO. The number of rotatable bonds is 6. The van der Waals surface area contributed by atoms with Crippen molar-refractivity contribution < 1.29 is 9.18 Å². The minimum atomic E-state index is -0.443. The maximum Gasteiger partial charge on any atom is 0.255 e. The van der Waals surface area contributed by atoms with Crippen molar-refractivity contribution in [3.63, 3.8) is 0 Å².